The average molecular weight is 220 g/mol. The van der Waals surface area contributed by atoms with Gasteiger partial charge in [-0.15, -0.1) is 0 Å². The monoisotopic (exact) mass is 220 g/mol. The zero-order valence-electron chi connectivity index (χ0n) is 8.03. The lowest BCUT2D eigenvalue weighted by atomic mass is 10.2. The number of halogens is 3. The van der Waals surface area contributed by atoms with Gasteiger partial charge in [-0.3, -0.25) is 0 Å². The highest BCUT2D eigenvalue weighted by atomic mass is 19.4. The fourth-order valence-electron chi connectivity index (χ4n) is 1.08. The van der Waals surface area contributed by atoms with Gasteiger partial charge < -0.3 is 9.84 Å². The quantitative estimate of drug-likeness (QED) is 0.847. The number of aliphatic hydroxyl groups excluding tert-OH is 1. The van der Waals surface area contributed by atoms with Gasteiger partial charge in [-0.2, -0.15) is 13.2 Å². The summed E-state index contributed by atoms with van der Waals surface area (Å²) in [4.78, 5) is 0. The number of hydrogen-bond acceptors (Lipinski definition) is 2. The molecule has 84 valence electrons. The fourth-order valence-corrected chi connectivity index (χ4v) is 1.08. The molecule has 0 aliphatic rings. The maximum atomic E-state index is 12.4. The Labute approximate surface area is 85.3 Å². The van der Waals surface area contributed by atoms with E-state index in [0.29, 0.717) is 0 Å². The van der Waals surface area contributed by atoms with E-state index in [-0.39, 0.29) is 5.75 Å². The van der Waals surface area contributed by atoms with Gasteiger partial charge in [0.05, 0.1) is 6.10 Å². The zero-order chi connectivity index (χ0) is 11.5. The van der Waals surface area contributed by atoms with Crippen LogP contribution >= 0.6 is 0 Å². The minimum Gasteiger partial charge on any atom is -0.478 e. The van der Waals surface area contributed by atoms with Crippen molar-refractivity contribution in [1.29, 1.82) is 0 Å². The van der Waals surface area contributed by atoms with Gasteiger partial charge in [-0.05, 0) is 19.1 Å². The largest absolute Gasteiger partial charge is 0.478 e. The maximum absolute atomic E-state index is 12.4. The maximum Gasteiger partial charge on any atom is 0.427 e. The molecule has 2 unspecified atom stereocenters. The van der Waals surface area contributed by atoms with Crippen molar-refractivity contribution in [3.8, 4) is 5.75 Å². The van der Waals surface area contributed by atoms with Gasteiger partial charge in [-0.1, -0.05) is 18.2 Å². The van der Waals surface area contributed by atoms with E-state index in [1.54, 1.807) is 18.2 Å². The second-order valence-corrected chi connectivity index (χ2v) is 3.13. The molecule has 15 heavy (non-hydrogen) atoms. The Kier molecular flexibility index (Phi) is 3.57. The van der Waals surface area contributed by atoms with E-state index in [9.17, 15) is 13.2 Å². The molecule has 1 N–H and O–H groups in total. The van der Waals surface area contributed by atoms with Crippen molar-refractivity contribution >= 4 is 0 Å². The van der Waals surface area contributed by atoms with E-state index in [4.69, 9.17) is 5.11 Å². The molecule has 0 aliphatic heterocycles. The standard InChI is InChI=1S/C10H11F3O2/c1-7(14)9(10(11,12)13)15-8-5-3-2-4-6-8/h2-7,9,14H,1H3. The predicted octanol–water partition coefficient (Wildman–Crippen LogP) is 2.38. The second kappa shape index (κ2) is 4.53. The first-order valence-electron chi connectivity index (χ1n) is 4.38. The van der Waals surface area contributed by atoms with Crippen LogP contribution in [0.15, 0.2) is 30.3 Å². The van der Waals surface area contributed by atoms with Crippen molar-refractivity contribution in [2.45, 2.75) is 25.3 Å². The second-order valence-electron chi connectivity index (χ2n) is 3.13. The van der Waals surface area contributed by atoms with Crippen molar-refractivity contribution in [2.75, 3.05) is 0 Å². The molecule has 1 rings (SSSR count). The van der Waals surface area contributed by atoms with Crippen molar-refractivity contribution in [1.82, 2.24) is 0 Å². The van der Waals surface area contributed by atoms with Crippen molar-refractivity contribution < 1.29 is 23.0 Å². The van der Waals surface area contributed by atoms with Gasteiger partial charge in [0.15, 0.2) is 0 Å². The number of hydrogen-bond donors (Lipinski definition) is 1. The van der Waals surface area contributed by atoms with E-state index < -0.39 is 18.4 Å². The average Bonchev–Trinajstić information content (AvgIpc) is 2.13. The molecule has 5 heteroatoms. The van der Waals surface area contributed by atoms with Crippen LogP contribution in [0.5, 0.6) is 5.75 Å². The molecule has 0 aromatic heterocycles. The summed E-state index contributed by atoms with van der Waals surface area (Å²) < 4.78 is 41.8. The smallest absolute Gasteiger partial charge is 0.427 e. The summed E-state index contributed by atoms with van der Waals surface area (Å²) in [5.41, 5.74) is 0. The third-order valence-electron chi connectivity index (χ3n) is 1.77. The van der Waals surface area contributed by atoms with Crippen LogP contribution in [0, 0.1) is 0 Å². The highest BCUT2D eigenvalue weighted by Gasteiger charge is 2.45. The van der Waals surface area contributed by atoms with Crippen molar-refractivity contribution in [2.24, 2.45) is 0 Å². The Morgan fingerprint density at radius 3 is 2.13 bits per heavy atom. The van der Waals surface area contributed by atoms with E-state index in [1.807, 2.05) is 0 Å². The first kappa shape index (κ1) is 11.8. The summed E-state index contributed by atoms with van der Waals surface area (Å²) in [5, 5.41) is 8.96. The van der Waals surface area contributed by atoms with E-state index in [1.165, 1.54) is 12.1 Å². The molecular weight excluding hydrogens is 209 g/mol. The fraction of sp³-hybridized carbons (Fsp3) is 0.400. The van der Waals surface area contributed by atoms with Crippen LogP contribution in [0.25, 0.3) is 0 Å². The minimum absolute atomic E-state index is 0.0840. The van der Waals surface area contributed by atoms with Crippen LogP contribution < -0.4 is 4.74 Å². The summed E-state index contributed by atoms with van der Waals surface area (Å²) in [6.07, 6.45) is -8.38. The summed E-state index contributed by atoms with van der Waals surface area (Å²) in [6, 6.07) is 7.59. The van der Waals surface area contributed by atoms with Crippen LogP contribution in [0.1, 0.15) is 6.92 Å². The van der Waals surface area contributed by atoms with Crippen LogP contribution in [0.3, 0.4) is 0 Å². The minimum atomic E-state index is -4.58. The molecule has 1 aromatic carbocycles. The van der Waals surface area contributed by atoms with Gasteiger partial charge in [0.2, 0.25) is 6.10 Å². The van der Waals surface area contributed by atoms with Gasteiger partial charge in [0, 0.05) is 0 Å². The summed E-state index contributed by atoms with van der Waals surface area (Å²) in [5.74, 6) is 0.0840. The molecule has 0 spiro atoms. The molecule has 0 heterocycles. The summed E-state index contributed by atoms with van der Waals surface area (Å²) in [6.45, 7) is 1.04. The number of aliphatic hydroxyl groups is 1. The molecular formula is C10H11F3O2. The van der Waals surface area contributed by atoms with Gasteiger partial charge in [-0.25, -0.2) is 0 Å². The van der Waals surface area contributed by atoms with E-state index in [0.717, 1.165) is 6.92 Å². The molecule has 1 aromatic rings. The zero-order valence-corrected chi connectivity index (χ0v) is 8.03. The Hall–Kier alpha value is -1.23. The highest BCUT2D eigenvalue weighted by molar-refractivity contribution is 5.21. The van der Waals surface area contributed by atoms with Crippen molar-refractivity contribution in [3.63, 3.8) is 0 Å². The Morgan fingerprint density at radius 2 is 1.73 bits per heavy atom. The lowest BCUT2D eigenvalue weighted by Gasteiger charge is -2.23. The first-order valence-corrected chi connectivity index (χ1v) is 4.38. The number of alkyl halides is 3. The molecule has 0 fully saturated rings. The van der Waals surface area contributed by atoms with Crippen LogP contribution in [0.4, 0.5) is 13.2 Å². The van der Waals surface area contributed by atoms with Crippen LogP contribution in [0.2, 0.25) is 0 Å². The lowest BCUT2D eigenvalue weighted by Crippen LogP contribution is -2.42. The van der Waals surface area contributed by atoms with Gasteiger partial charge >= 0.3 is 6.18 Å². The van der Waals surface area contributed by atoms with E-state index >= 15 is 0 Å². The third kappa shape index (κ3) is 3.43. The topological polar surface area (TPSA) is 29.5 Å². The van der Waals surface area contributed by atoms with Gasteiger partial charge in [0.1, 0.15) is 5.75 Å². The highest BCUT2D eigenvalue weighted by Crippen LogP contribution is 2.27. The molecule has 2 atom stereocenters. The van der Waals surface area contributed by atoms with Crippen LogP contribution in [-0.4, -0.2) is 23.5 Å². The van der Waals surface area contributed by atoms with Crippen LogP contribution in [-0.2, 0) is 0 Å². The number of ether oxygens (including phenoxy) is 1. The number of benzene rings is 1. The molecule has 0 amide bonds. The molecule has 0 aliphatic carbocycles. The Morgan fingerprint density at radius 1 is 1.20 bits per heavy atom. The molecule has 2 nitrogen and oxygen atoms in total. The predicted molar refractivity (Wildman–Crippen MR) is 48.6 cm³/mol. The number of rotatable bonds is 3. The SMILES string of the molecule is CC(O)C(Oc1ccccc1)C(F)(F)F. The first-order chi connectivity index (χ1) is 6.91. The summed E-state index contributed by atoms with van der Waals surface area (Å²) in [7, 11) is 0. The lowest BCUT2D eigenvalue weighted by molar-refractivity contribution is -0.218. The molecule has 0 saturated heterocycles. The van der Waals surface area contributed by atoms with E-state index in [2.05, 4.69) is 4.74 Å². The Balaban J connectivity index is 2.77. The molecule has 0 bridgehead atoms. The summed E-state index contributed by atoms with van der Waals surface area (Å²) >= 11 is 0. The normalized spacial score (nSPS) is 15.8. The number of para-hydroxylation sites is 1. The molecule has 0 radical (unpaired) electrons. The Bertz CT molecular complexity index is 295. The van der Waals surface area contributed by atoms with Gasteiger partial charge in [0.25, 0.3) is 0 Å². The third-order valence-corrected chi connectivity index (χ3v) is 1.77. The van der Waals surface area contributed by atoms with Crippen molar-refractivity contribution in [3.05, 3.63) is 30.3 Å². The molecule has 0 saturated carbocycles.